The number of hydrogen-bond acceptors (Lipinski definition) is 6. The van der Waals surface area contributed by atoms with E-state index in [1.54, 1.807) is 6.92 Å². The Balaban J connectivity index is 1.66. The second-order valence-corrected chi connectivity index (χ2v) is 6.84. The molecule has 8 nitrogen and oxygen atoms in total. The van der Waals surface area contributed by atoms with E-state index in [9.17, 15) is 24.3 Å². The van der Waals surface area contributed by atoms with Gasteiger partial charge in [0, 0.05) is 12.8 Å². The van der Waals surface area contributed by atoms with Crippen LogP contribution in [-0.2, 0) is 19.1 Å². The standard InChI is InChI=1S/C19H22N2O6/c1-2-27-19(26)13-7-9-20(10-8-13)15-11-16(22)21(17(15)23)14-5-3-12(4-6-14)18(24)25/h3-6,13,15H,2,7-11H2,1H3,(H,24,25). The average molecular weight is 374 g/mol. The molecule has 1 unspecified atom stereocenters. The highest BCUT2D eigenvalue weighted by molar-refractivity contribution is 6.21. The van der Waals surface area contributed by atoms with E-state index in [0.717, 1.165) is 9.80 Å². The van der Waals surface area contributed by atoms with Crippen LogP contribution in [0.1, 0.15) is 36.5 Å². The number of amides is 2. The number of carbonyl (C=O) groups excluding carboxylic acids is 4. The predicted octanol–water partition coefficient (Wildman–Crippen LogP) is -1.46. The fraction of sp³-hybridized carbons (Fsp3) is 0.474. The maximum Gasteiger partial charge on any atom is 0.309 e. The van der Waals surface area contributed by atoms with Crippen LogP contribution in [0, 0.1) is 5.92 Å². The van der Waals surface area contributed by atoms with E-state index in [2.05, 4.69) is 0 Å². The maximum absolute atomic E-state index is 12.8. The lowest BCUT2D eigenvalue weighted by Gasteiger charge is -2.31. The summed E-state index contributed by atoms with van der Waals surface area (Å²) < 4.78 is 5.06. The van der Waals surface area contributed by atoms with Crippen LogP contribution in [-0.4, -0.2) is 49.5 Å². The van der Waals surface area contributed by atoms with Crippen molar-refractivity contribution in [2.45, 2.75) is 32.2 Å². The number of rotatable bonds is 5. The zero-order chi connectivity index (χ0) is 19.6. The molecular weight excluding hydrogens is 352 g/mol. The van der Waals surface area contributed by atoms with Gasteiger partial charge in [-0.1, -0.05) is 12.1 Å². The van der Waals surface area contributed by atoms with Gasteiger partial charge in [-0.2, -0.15) is 0 Å². The lowest BCUT2D eigenvalue weighted by molar-refractivity contribution is -0.920. The highest BCUT2D eigenvalue weighted by Crippen LogP contribution is 2.23. The molecule has 1 atom stereocenters. The minimum atomic E-state index is -1.31. The van der Waals surface area contributed by atoms with Crippen LogP contribution in [0.2, 0.25) is 0 Å². The molecular formula is C19H22N2O6. The lowest BCUT2D eigenvalue weighted by atomic mass is 9.95. The molecule has 0 saturated carbocycles. The summed E-state index contributed by atoms with van der Waals surface area (Å²) in [5, 5.41) is 10.8. The Labute approximate surface area is 156 Å². The van der Waals surface area contributed by atoms with E-state index in [-0.39, 0.29) is 35.7 Å². The second-order valence-electron chi connectivity index (χ2n) is 6.84. The molecule has 144 valence electrons. The van der Waals surface area contributed by atoms with E-state index < -0.39 is 12.0 Å². The Morgan fingerprint density at radius 2 is 1.81 bits per heavy atom. The number of anilines is 1. The first kappa shape index (κ1) is 19.0. The molecule has 2 fully saturated rings. The summed E-state index contributed by atoms with van der Waals surface area (Å²) in [6, 6.07) is 5.03. The van der Waals surface area contributed by atoms with Crippen LogP contribution in [0.5, 0.6) is 0 Å². The number of likely N-dealkylation sites (tertiary alicyclic amines) is 1. The van der Waals surface area contributed by atoms with E-state index in [1.807, 2.05) is 0 Å². The number of piperidine rings is 1. The molecule has 1 aromatic carbocycles. The zero-order valence-corrected chi connectivity index (χ0v) is 15.1. The third kappa shape index (κ3) is 3.85. The van der Waals surface area contributed by atoms with Crippen LogP contribution in [0.3, 0.4) is 0 Å². The molecule has 1 aromatic rings. The normalized spacial score (nSPS) is 25.5. The summed E-state index contributed by atoms with van der Waals surface area (Å²) in [6.45, 7) is 3.39. The molecule has 0 radical (unpaired) electrons. The topological polar surface area (TPSA) is 108 Å². The molecule has 3 rings (SSSR count). The smallest absolute Gasteiger partial charge is 0.309 e. The van der Waals surface area contributed by atoms with Crippen LogP contribution >= 0.6 is 0 Å². The average Bonchev–Trinajstić information content (AvgIpc) is 2.96. The number of imide groups is 1. The third-order valence-corrected chi connectivity index (χ3v) is 5.25. The molecule has 2 amide bonds. The minimum Gasteiger partial charge on any atom is -0.545 e. The van der Waals surface area contributed by atoms with Crippen molar-refractivity contribution in [3.05, 3.63) is 29.8 Å². The van der Waals surface area contributed by atoms with Gasteiger partial charge in [-0.05, 0) is 24.6 Å². The van der Waals surface area contributed by atoms with Gasteiger partial charge in [0.2, 0.25) is 5.91 Å². The summed E-state index contributed by atoms with van der Waals surface area (Å²) in [7, 11) is 0. The van der Waals surface area contributed by atoms with Crippen LogP contribution < -0.4 is 14.9 Å². The van der Waals surface area contributed by atoms with Crippen LogP contribution in [0.4, 0.5) is 5.69 Å². The number of nitrogens with one attached hydrogen (secondary N) is 1. The number of benzene rings is 1. The number of nitrogens with zero attached hydrogens (tertiary/aromatic N) is 1. The van der Waals surface area contributed by atoms with Crippen LogP contribution in [0.25, 0.3) is 0 Å². The van der Waals surface area contributed by atoms with Gasteiger partial charge in [0.05, 0.1) is 43.7 Å². The molecule has 0 bridgehead atoms. The number of esters is 1. The van der Waals surface area contributed by atoms with Gasteiger partial charge in [0.1, 0.15) is 0 Å². The summed E-state index contributed by atoms with van der Waals surface area (Å²) in [4.78, 5) is 50.0. The lowest BCUT2D eigenvalue weighted by Crippen LogP contribution is -3.17. The highest BCUT2D eigenvalue weighted by Gasteiger charge is 2.47. The SMILES string of the molecule is CCOC(=O)C1CC[NH+](C2CC(=O)N(c3ccc(C(=O)[O-])cc3)C2=O)CC1. The Morgan fingerprint density at radius 3 is 2.37 bits per heavy atom. The fourth-order valence-electron chi connectivity index (χ4n) is 3.80. The monoisotopic (exact) mass is 374 g/mol. The first-order valence-electron chi connectivity index (χ1n) is 9.11. The predicted molar refractivity (Wildman–Crippen MR) is 91.7 cm³/mol. The van der Waals surface area contributed by atoms with Crippen molar-refractivity contribution in [1.29, 1.82) is 0 Å². The van der Waals surface area contributed by atoms with Gasteiger partial charge in [0.25, 0.3) is 5.91 Å². The van der Waals surface area contributed by atoms with Crippen molar-refractivity contribution >= 4 is 29.4 Å². The summed E-state index contributed by atoms with van der Waals surface area (Å²) in [5.41, 5.74) is 0.347. The molecule has 27 heavy (non-hydrogen) atoms. The van der Waals surface area contributed by atoms with Crippen molar-refractivity contribution in [3.8, 4) is 0 Å². The van der Waals surface area contributed by atoms with Gasteiger partial charge >= 0.3 is 5.97 Å². The van der Waals surface area contributed by atoms with Gasteiger partial charge in [-0.15, -0.1) is 0 Å². The first-order valence-corrected chi connectivity index (χ1v) is 9.11. The number of hydrogen-bond donors (Lipinski definition) is 1. The van der Waals surface area contributed by atoms with E-state index >= 15 is 0 Å². The summed E-state index contributed by atoms with van der Waals surface area (Å²) in [6.07, 6.45) is 1.37. The number of carbonyl (C=O) groups is 4. The number of aromatic carboxylic acids is 1. The fourth-order valence-corrected chi connectivity index (χ4v) is 3.80. The van der Waals surface area contributed by atoms with Crippen molar-refractivity contribution in [2.75, 3.05) is 24.6 Å². The zero-order valence-electron chi connectivity index (χ0n) is 15.1. The van der Waals surface area contributed by atoms with Gasteiger partial charge in [0.15, 0.2) is 6.04 Å². The van der Waals surface area contributed by atoms with Crippen molar-refractivity contribution in [3.63, 3.8) is 0 Å². The Bertz CT molecular complexity index is 752. The van der Waals surface area contributed by atoms with Crippen molar-refractivity contribution in [2.24, 2.45) is 5.92 Å². The van der Waals surface area contributed by atoms with E-state index in [1.165, 1.54) is 24.3 Å². The molecule has 2 heterocycles. The number of quaternary nitrogens is 1. The maximum atomic E-state index is 12.8. The molecule has 2 aliphatic rings. The Hall–Kier alpha value is -2.74. The number of carboxylic acid groups (broad SMARTS) is 1. The van der Waals surface area contributed by atoms with E-state index in [4.69, 9.17) is 4.74 Å². The van der Waals surface area contributed by atoms with Crippen molar-refractivity contribution in [1.82, 2.24) is 0 Å². The van der Waals surface area contributed by atoms with Crippen molar-refractivity contribution < 1.29 is 33.9 Å². The molecule has 0 aliphatic carbocycles. The van der Waals surface area contributed by atoms with Gasteiger partial charge < -0.3 is 19.5 Å². The van der Waals surface area contributed by atoms with Crippen LogP contribution in [0.15, 0.2) is 24.3 Å². The summed E-state index contributed by atoms with van der Waals surface area (Å²) >= 11 is 0. The number of ether oxygens (including phenoxy) is 1. The highest BCUT2D eigenvalue weighted by atomic mass is 16.5. The molecule has 2 saturated heterocycles. The summed E-state index contributed by atoms with van der Waals surface area (Å²) in [5.74, 6) is -2.24. The van der Waals surface area contributed by atoms with Gasteiger partial charge in [-0.25, -0.2) is 4.90 Å². The molecule has 0 aromatic heterocycles. The third-order valence-electron chi connectivity index (χ3n) is 5.25. The largest absolute Gasteiger partial charge is 0.545 e. The minimum absolute atomic E-state index is 0.0129. The molecule has 8 heteroatoms. The first-order chi connectivity index (χ1) is 12.9. The Kier molecular flexibility index (Phi) is 5.55. The quantitative estimate of drug-likeness (QED) is 0.499. The molecule has 2 aliphatic heterocycles. The van der Waals surface area contributed by atoms with E-state index in [0.29, 0.717) is 38.2 Å². The molecule has 1 N–H and O–H groups in total. The molecule has 0 spiro atoms. The van der Waals surface area contributed by atoms with Gasteiger partial charge in [-0.3, -0.25) is 14.4 Å². The second kappa shape index (κ2) is 7.87. The number of carboxylic acids is 1. The Morgan fingerprint density at radius 1 is 1.19 bits per heavy atom.